The fraction of sp³-hybridized carbons (Fsp3) is 0.316. The SMILES string of the molecule is Cc1cc(NCCNCCCn2c3c(n[n+]2[O-])C(=O)c2ncncc2C3=O)ccn1. The second-order valence-electron chi connectivity index (χ2n) is 6.83. The number of aromatic nitrogens is 6. The Hall–Kier alpha value is -3.73. The van der Waals surface area contributed by atoms with Crippen LogP contribution in [-0.4, -0.2) is 55.9 Å². The summed E-state index contributed by atoms with van der Waals surface area (Å²) in [6.45, 7) is 4.27. The van der Waals surface area contributed by atoms with Crippen molar-refractivity contribution >= 4 is 17.3 Å². The Morgan fingerprint density at radius 1 is 1.13 bits per heavy atom. The van der Waals surface area contributed by atoms with Crippen LogP contribution in [-0.2, 0) is 6.54 Å². The van der Waals surface area contributed by atoms with Gasteiger partial charge in [0.05, 0.1) is 12.1 Å². The summed E-state index contributed by atoms with van der Waals surface area (Å²) in [5.74, 6) is -1.01. The molecule has 0 aliphatic heterocycles. The van der Waals surface area contributed by atoms with Crippen molar-refractivity contribution in [2.24, 2.45) is 0 Å². The van der Waals surface area contributed by atoms with Crippen molar-refractivity contribution in [2.45, 2.75) is 19.9 Å². The highest BCUT2D eigenvalue weighted by atomic mass is 16.5. The van der Waals surface area contributed by atoms with Gasteiger partial charge in [0.2, 0.25) is 17.3 Å². The zero-order valence-corrected chi connectivity index (χ0v) is 16.3. The summed E-state index contributed by atoms with van der Waals surface area (Å²) < 4.78 is 1.19. The first-order valence-corrected chi connectivity index (χ1v) is 9.53. The molecule has 0 aromatic carbocycles. The lowest BCUT2D eigenvalue weighted by atomic mass is 9.95. The minimum atomic E-state index is -0.541. The van der Waals surface area contributed by atoms with Crippen LogP contribution in [0.5, 0.6) is 0 Å². The van der Waals surface area contributed by atoms with Gasteiger partial charge < -0.3 is 15.8 Å². The van der Waals surface area contributed by atoms with Crippen molar-refractivity contribution in [3.05, 3.63) is 64.4 Å². The molecule has 0 bridgehead atoms. The van der Waals surface area contributed by atoms with Crippen LogP contribution >= 0.6 is 0 Å². The van der Waals surface area contributed by atoms with Crippen LogP contribution < -0.4 is 15.6 Å². The summed E-state index contributed by atoms with van der Waals surface area (Å²) in [5, 5.41) is 22.5. The Kier molecular flexibility index (Phi) is 5.44. The minimum Gasteiger partial charge on any atom is -0.571 e. The lowest BCUT2D eigenvalue weighted by Gasteiger charge is -2.11. The third kappa shape index (κ3) is 3.74. The van der Waals surface area contributed by atoms with Gasteiger partial charge in [0.25, 0.3) is 0 Å². The zero-order valence-electron chi connectivity index (χ0n) is 16.3. The molecule has 3 heterocycles. The molecule has 154 valence electrons. The molecule has 0 amide bonds. The summed E-state index contributed by atoms with van der Waals surface area (Å²) >= 11 is 0. The highest BCUT2D eigenvalue weighted by molar-refractivity contribution is 6.25. The number of carbonyl (C=O) groups is 2. The van der Waals surface area contributed by atoms with E-state index in [1.807, 2.05) is 19.1 Å². The van der Waals surface area contributed by atoms with E-state index in [1.54, 1.807) is 6.20 Å². The average Bonchev–Trinajstić information content (AvgIpc) is 3.08. The van der Waals surface area contributed by atoms with Gasteiger partial charge >= 0.3 is 0 Å². The van der Waals surface area contributed by atoms with Crippen molar-refractivity contribution in [1.82, 2.24) is 30.0 Å². The van der Waals surface area contributed by atoms with E-state index >= 15 is 0 Å². The van der Waals surface area contributed by atoms with E-state index in [9.17, 15) is 14.8 Å². The molecule has 0 unspecified atom stereocenters. The maximum Gasteiger partial charge on any atom is 0.239 e. The Morgan fingerprint density at radius 3 is 2.83 bits per heavy atom. The highest BCUT2D eigenvalue weighted by Gasteiger charge is 2.40. The van der Waals surface area contributed by atoms with Crippen LogP contribution in [0.25, 0.3) is 0 Å². The number of fused-ring (bicyclic) bond motifs is 2. The molecule has 2 N–H and O–H groups in total. The molecule has 0 fully saturated rings. The minimum absolute atomic E-state index is 0.00739. The van der Waals surface area contributed by atoms with Gasteiger partial charge in [0.15, 0.2) is 5.69 Å². The van der Waals surface area contributed by atoms with Gasteiger partial charge in [-0.25, -0.2) is 9.97 Å². The molecule has 0 spiro atoms. The second-order valence-corrected chi connectivity index (χ2v) is 6.83. The third-order valence-electron chi connectivity index (χ3n) is 4.73. The average molecular weight is 408 g/mol. The molecule has 0 radical (unpaired) electrons. The highest BCUT2D eigenvalue weighted by Crippen LogP contribution is 2.23. The maximum absolute atomic E-state index is 12.7. The van der Waals surface area contributed by atoms with Gasteiger partial charge in [-0.1, -0.05) is 0 Å². The molecule has 0 saturated carbocycles. The lowest BCUT2D eigenvalue weighted by Crippen LogP contribution is -2.41. The Morgan fingerprint density at radius 2 is 2.00 bits per heavy atom. The molecule has 0 saturated heterocycles. The molecule has 11 heteroatoms. The molecule has 1 aliphatic carbocycles. The smallest absolute Gasteiger partial charge is 0.239 e. The van der Waals surface area contributed by atoms with Gasteiger partial charge in [0, 0.05) is 46.9 Å². The van der Waals surface area contributed by atoms with Crippen molar-refractivity contribution in [2.75, 3.05) is 25.0 Å². The number of hydrogen-bond acceptors (Lipinski definition) is 9. The summed E-state index contributed by atoms with van der Waals surface area (Å²) in [4.78, 5) is 37.4. The number of aryl methyl sites for hydroxylation is 1. The molecular weight excluding hydrogens is 388 g/mol. The van der Waals surface area contributed by atoms with Crippen LogP contribution in [0.1, 0.15) is 44.3 Å². The standard InChI is InChI=1S/C19H20N8O3/c1-12-9-13(3-5-22-12)23-7-6-20-4-2-8-26-17-16(25-27(26)30)19(29)15-14(18(17)28)10-21-11-24-15/h3,5,9-11,20H,2,4,6-8H2,1H3,(H,22,23). The van der Waals surface area contributed by atoms with Crippen LogP contribution in [0.3, 0.4) is 0 Å². The normalized spacial score (nSPS) is 12.6. The van der Waals surface area contributed by atoms with Crippen molar-refractivity contribution in [3.63, 3.8) is 0 Å². The van der Waals surface area contributed by atoms with Crippen LogP contribution in [0.2, 0.25) is 0 Å². The van der Waals surface area contributed by atoms with Gasteiger partial charge in [-0.3, -0.25) is 14.6 Å². The van der Waals surface area contributed by atoms with Crippen molar-refractivity contribution < 1.29 is 14.5 Å². The molecule has 1 aliphatic rings. The Balaban J connectivity index is 1.31. The lowest BCUT2D eigenvalue weighted by molar-refractivity contribution is -0.749. The first kappa shape index (κ1) is 19.6. The number of nitrogens with one attached hydrogen (secondary N) is 2. The Bertz CT molecular complexity index is 1110. The zero-order chi connectivity index (χ0) is 21.1. The number of carbonyl (C=O) groups excluding carboxylic acids is 2. The van der Waals surface area contributed by atoms with Gasteiger partial charge in [-0.05, 0) is 32.0 Å². The number of hydrogen-bond donors (Lipinski definition) is 2. The third-order valence-corrected chi connectivity index (χ3v) is 4.73. The number of pyridine rings is 1. The number of ketones is 2. The second kappa shape index (κ2) is 8.33. The first-order valence-electron chi connectivity index (χ1n) is 9.53. The summed E-state index contributed by atoms with van der Waals surface area (Å²) in [6.07, 6.45) is 4.81. The fourth-order valence-corrected chi connectivity index (χ4v) is 3.32. The number of rotatable bonds is 8. The van der Waals surface area contributed by atoms with Crippen LogP contribution in [0.4, 0.5) is 5.69 Å². The molecule has 11 nitrogen and oxygen atoms in total. The molecule has 0 atom stereocenters. The summed E-state index contributed by atoms with van der Waals surface area (Å²) in [7, 11) is 0. The van der Waals surface area contributed by atoms with E-state index < -0.39 is 11.6 Å². The van der Waals surface area contributed by atoms with E-state index in [-0.39, 0.29) is 29.2 Å². The van der Waals surface area contributed by atoms with E-state index in [0.29, 0.717) is 17.9 Å². The van der Waals surface area contributed by atoms with Crippen molar-refractivity contribution in [3.8, 4) is 0 Å². The van der Waals surface area contributed by atoms with Crippen LogP contribution in [0.15, 0.2) is 30.9 Å². The van der Waals surface area contributed by atoms with E-state index in [2.05, 4.69) is 30.7 Å². The topological polar surface area (TPSA) is 142 Å². The van der Waals surface area contributed by atoms with E-state index in [0.717, 1.165) is 24.5 Å². The molecule has 3 aromatic heterocycles. The Labute approximate surface area is 171 Å². The first-order chi connectivity index (χ1) is 14.6. The summed E-state index contributed by atoms with van der Waals surface area (Å²) in [5.41, 5.74) is 1.86. The van der Waals surface area contributed by atoms with E-state index in [4.69, 9.17) is 0 Å². The molecule has 4 rings (SSSR count). The van der Waals surface area contributed by atoms with Gasteiger partial charge in [-0.15, -0.1) is 4.68 Å². The number of anilines is 1. The fourth-order valence-electron chi connectivity index (χ4n) is 3.32. The van der Waals surface area contributed by atoms with Crippen molar-refractivity contribution in [1.29, 1.82) is 0 Å². The van der Waals surface area contributed by atoms with Crippen LogP contribution in [0, 0.1) is 12.1 Å². The molecule has 30 heavy (non-hydrogen) atoms. The molecular formula is C19H20N8O3. The predicted molar refractivity (Wildman–Crippen MR) is 105 cm³/mol. The maximum atomic E-state index is 12.7. The monoisotopic (exact) mass is 408 g/mol. The summed E-state index contributed by atoms with van der Waals surface area (Å²) in [6, 6.07) is 3.88. The van der Waals surface area contributed by atoms with Gasteiger partial charge in [0.1, 0.15) is 12.0 Å². The quantitative estimate of drug-likeness (QED) is 0.232. The number of nitrogens with zero attached hydrogens (tertiary/aromatic N) is 6. The predicted octanol–water partition coefficient (Wildman–Crippen LogP) is -0.123. The molecule has 3 aromatic rings. The largest absolute Gasteiger partial charge is 0.571 e. The van der Waals surface area contributed by atoms with E-state index in [1.165, 1.54) is 17.2 Å². The van der Waals surface area contributed by atoms with Gasteiger partial charge in [-0.2, -0.15) is 0 Å².